The molecule has 3 aromatic rings. The van der Waals surface area contributed by atoms with Crippen LogP contribution in [0.2, 0.25) is 0 Å². The molecular formula is C13H11N5O3S. The van der Waals surface area contributed by atoms with Gasteiger partial charge in [-0.3, -0.25) is 0 Å². The van der Waals surface area contributed by atoms with Crippen LogP contribution in [0.1, 0.15) is 11.1 Å². The van der Waals surface area contributed by atoms with Crippen LogP contribution in [0.3, 0.4) is 0 Å². The first-order chi connectivity index (χ1) is 10.7. The highest BCUT2D eigenvalue weighted by molar-refractivity contribution is 7.99. The average molecular weight is 317 g/mol. The van der Waals surface area contributed by atoms with E-state index in [1.165, 1.54) is 11.8 Å². The summed E-state index contributed by atoms with van der Waals surface area (Å²) in [5, 5.41) is 28.1. The van der Waals surface area contributed by atoms with Gasteiger partial charge in [0, 0.05) is 17.7 Å². The van der Waals surface area contributed by atoms with Crippen LogP contribution in [0.5, 0.6) is 0 Å². The Kier molecular flexibility index (Phi) is 3.12. The lowest BCUT2D eigenvalue weighted by Crippen LogP contribution is -2.99. The van der Waals surface area contributed by atoms with Gasteiger partial charge in [-0.15, -0.1) is 10.2 Å². The van der Waals surface area contributed by atoms with E-state index in [-0.39, 0.29) is 11.1 Å². The second-order valence-electron chi connectivity index (χ2n) is 4.67. The molecule has 0 bridgehead atoms. The van der Waals surface area contributed by atoms with E-state index >= 15 is 0 Å². The lowest BCUT2D eigenvalue weighted by atomic mass is 10.2. The molecular weight excluding hydrogens is 306 g/mol. The van der Waals surface area contributed by atoms with E-state index in [9.17, 15) is 5.21 Å². The molecule has 1 aromatic carbocycles. The van der Waals surface area contributed by atoms with Crippen molar-refractivity contribution in [2.75, 3.05) is 5.43 Å². The fourth-order valence-corrected chi connectivity index (χ4v) is 3.20. The van der Waals surface area contributed by atoms with Gasteiger partial charge in [-0.25, -0.2) is 9.88 Å². The summed E-state index contributed by atoms with van der Waals surface area (Å²) < 4.78 is 7.14. The molecule has 1 aliphatic heterocycles. The van der Waals surface area contributed by atoms with Gasteiger partial charge in [0.2, 0.25) is 5.16 Å². The molecule has 3 heterocycles. The van der Waals surface area contributed by atoms with E-state index in [1.807, 2.05) is 12.1 Å². The van der Waals surface area contributed by atoms with Gasteiger partial charge >= 0.3 is 0 Å². The molecule has 1 aliphatic rings. The van der Waals surface area contributed by atoms with Crippen LogP contribution in [0.4, 0.5) is 5.69 Å². The summed E-state index contributed by atoms with van der Waals surface area (Å²) in [5.74, 6) is 1.36. The fraction of sp³-hybridized carbons (Fsp3) is 0.0769. The second-order valence-corrected chi connectivity index (χ2v) is 5.74. The zero-order chi connectivity index (χ0) is 15.1. The van der Waals surface area contributed by atoms with Crippen molar-refractivity contribution in [3.63, 3.8) is 0 Å². The molecule has 2 atom stereocenters. The topological polar surface area (TPSA) is 104 Å². The average Bonchev–Trinajstić information content (AvgIpc) is 3.23. The predicted octanol–water partition coefficient (Wildman–Crippen LogP) is 1.29. The van der Waals surface area contributed by atoms with E-state index in [0.717, 1.165) is 5.76 Å². The molecule has 0 saturated heterocycles. The lowest BCUT2D eigenvalue weighted by molar-refractivity contribution is -0.991. The molecule has 3 N–H and O–H groups in total. The zero-order valence-electron chi connectivity index (χ0n) is 11.1. The van der Waals surface area contributed by atoms with Gasteiger partial charge in [0.25, 0.3) is 0 Å². The summed E-state index contributed by atoms with van der Waals surface area (Å²) in [6.07, 6.45) is 1.62. The van der Waals surface area contributed by atoms with Crippen LogP contribution >= 0.6 is 11.8 Å². The largest absolute Gasteiger partial charge is 0.595 e. The summed E-state index contributed by atoms with van der Waals surface area (Å²) in [6, 6.07) is 10.3. The molecule has 112 valence electrons. The van der Waals surface area contributed by atoms with Crippen molar-refractivity contribution < 1.29 is 14.9 Å². The Bertz CT molecular complexity index is 802. The third-order valence-corrected chi connectivity index (χ3v) is 4.32. The predicted molar refractivity (Wildman–Crippen MR) is 77.9 cm³/mol. The number of nitrogens with zero attached hydrogens (tertiary/aromatic N) is 3. The minimum atomic E-state index is -0.973. The Hall–Kier alpha value is -2.33. The fourth-order valence-electron chi connectivity index (χ4n) is 2.25. The number of hydrogen-bond acceptors (Lipinski definition) is 7. The van der Waals surface area contributed by atoms with Gasteiger partial charge in [0.1, 0.15) is 5.76 Å². The smallest absolute Gasteiger partial charge is 0.212 e. The third-order valence-electron chi connectivity index (χ3n) is 3.27. The molecule has 9 heteroatoms. The van der Waals surface area contributed by atoms with Crippen molar-refractivity contribution in [2.24, 2.45) is 0 Å². The highest BCUT2D eigenvalue weighted by Crippen LogP contribution is 2.40. The van der Waals surface area contributed by atoms with Gasteiger partial charge in [0.05, 0.1) is 6.26 Å². The Morgan fingerprint density at radius 3 is 3.00 bits per heavy atom. The highest BCUT2D eigenvalue weighted by Gasteiger charge is 2.29. The first kappa shape index (κ1) is 13.3. The van der Waals surface area contributed by atoms with E-state index < -0.39 is 5.23 Å². The third kappa shape index (κ3) is 2.16. The summed E-state index contributed by atoms with van der Waals surface area (Å²) in [7, 11) is 0. The van der Waals surface area contributed by atoms with Gasteiger partial charge in [-0.2, -0.15) is 5.23 Å². The molecule has 0 spiro atoms. The first-order valence-corrected chi connectivity index (χ1v) is 7.36. The van der Waals surface area contributed by atoms with E-state index in [0.29, 0.717) is 16.5 Å². The Morgan fingerprint density at radius 2 is 2.23 bits per heavy atom. The van der Waals surface area contributed by atoms with E-state index in [1.54, 1.807) is 35.2 Å². The van der Waals surface area contributed by atoms with Crippen LogP contribution in [-0.2, 0) is 0 Å². The summed E-state index contributed by atoms with van der Waals surface area (Å²) in [4.78, 5) is 0. The maximum Gasteiger partial charge on any atom is 0.212 e. The molecule has 2 aromatic heterocycles. The highest BCUT2D eigenvalue weighted by atomic mass is 32.2. The molecule has 0 amide bonds. The van der Waals surface area contributed by atoms with Crippen LogP contribution in [0, 0.1) is 5.21 Å². The maximum absolute atomic E-state index is 11.1. The molecule has 4 rings (SSSR count). The zero-order valence-corrected chi connectivity index (χ0v) is 11.9. The van der Waals surface area contributed by atoms with Crippen LogP contribution in [0.25, 0.3) is 11.4 Å². The van der Waals surface area contributed by atoms with Crippen molar-refractivity contribution in [1.82, 2.24) is 14.9 Å². The Morgan fingerprint density at radius 1 is 1.32 bits per heavy atom. The molecule has 0 radical (unpaired) electrons. The minimum absolute atomic E-state index is 0.0816. The second kappa shape index (κ2) is 5.14. The van der Waals surface area contributed by atoms with Crippen molar-refractivity contribution in [3.05, 3.63) is 53.6 Å². The Balaban J connectivity index is 1.68. The number of aromatic nitrogens is 3. The number of thioether (sulfide) groups is 1. The van der Waals surface area contributed by atoms with Gasteiger partial charge in [-0.05, 0) is 23.9 Å². The van der Waals surface area contributed by atoms with Gasteiger partial charge in [0.15, 0.2) is 16.9 Å². The monoisotopic (exact) mass is 317 g/mol. The summed E-state index contributed by atoms with van der Waals surface area (Å²) in [5.41, 5.74) is 4.14. The minimum Gasteiger partial charge on any atom is -0.595 e. The molecule has 0 aliphatic carbocycles. The van der Waals surface area contributed by atoms with Crippen LogP contribution in [0.15, 0.2) is 52.2 Å². The summed E-state index contributed by atoms with van der Waals surface area (Å²) in [6.45, 7) is 0. The number of furan rings is 1. The number of hydrogen-bond donors (Lipinski definition) is 3. The number of nitrogens with one attached hydrogen (secondary N) is 2. The summed E-state index contributed by atoms with van der Waals surface area (Å²) >= 11 is 1.49. The number of quaternary nitrogens is 1. The maximum atomic E-state index is 11.1. The van der Waals surface area contributed by atoms with Crippen LogP contribution < -0.4 is 10.7 Å². The van der Waals surface area contributed by atoms with Crippen molar-refractivity contribution >= 4 is 17.4 Å². The molecule has 0 saturated carbocycles. The molecule has 8 nitrogen and oxygen atoms in total. The standard InChI is InChI=1S/C13H11N5O3S/c19-18(20)9-4-1-3-8(7-9)11-14-15-13-17(11)16-12(22-13)10-5-2-6-21-10/h1-7,12,16,18-19H/t12-/m0/s1. The molecule has 22 heavy (non-hydrogen) atoms. The number of fused-ring (bicyclic) bond motifs is 1. The molecule has 0 fully saturated rings. The number of rotatable bonds is 3. The van der Waals surface area contributed by atoms with E-state index in [2.05, 4.69) is 15.6 Å². The number of benzene rings is 1. The van der Waals surface area contributed by atoms with Crippen molar-refractivity contribution in [1.29, 1.82) is 0 Å². The first-order valence-electron chi connectivity index (χ1n) is 6.48. The van der Waals surface area contributed by atoms with Gasteiger partial charge < -0.3 is 15.1 Å². The quantitative estimate of drug-likeness (QED) is 0.625. The Labute approximate surface area is 128 Å². The normalized spacial score (nSPS) is 18.0. The van der Waals surface area contributed by atoms with Crippen molar-refractivity contribution in [2.45, 2.75) is 10.5 Å². The van der Waals surface area contributed by atoms with E-state index in [4.69, 9.17) is 9.62 Å². The molecule has 1 unspecified atom stereocenters. The van der Waals surface area contributed by atoms with Crippen molar-refractivity contribution in [3.8, 4) is 11.4 Å². The van der Waals surface area contributed by atoms with Crippen LogP contribution in [-0.4, -0.2) is 20.1 Å². The SMILES string of the molecule is [O-][NH+](O)c1cccc(-c2nnc3n2N[C@H](c2ccco2)S3)c1. The van der Waals surface area contributed by atoms with Gasteiger partial charge in [-0.1, -0.05) is 12.1 Å². The lowest BCUT2D eigenvalue weighted by Gasteiger charge is -2.13.